The third-order valence-corrected chi connectivity index (χ3v) is 5.55. The molecule has 0 radical (unpaired) electrons. The van der Waals surface area contributed by atoms with Gasteiger partial charge in [0, 0.05) is 15.5 Å². The minimum atomic E-state index is -0.894. The molecule has 0 amide bonds. The van der Waals surface area contributed by atoms with Crippen molar-refractivity contribution in [3.05, 3.63) is 63.0 Å². The first-order valence-electron chi connectivity index (χ1n) is 8.37. The molecule has 0 aliphatic rings. The summed E-state index contributed by atoms with van der Waals surface area (Å²) in [4.78, 5) is 16.6. The van der Waals surface area contributed by atoms with Crippen LogP contribution in [0.1, 0.15) is 30.2 Å². The summed E-state index contributed by atoms with van der Waals surface area (Å²) in [6, 6.07) is 13.2. The zero-order valence-electron chi connectivity index (χ0n) is 14.8. The van der Waals surface area contributed by atoms with Crippen LogP contribution in [0.25, 0.3) is 11.3 Å². The van der Waals surface area contributed by atoms with Gasteiger partial charge in [-0.15, -0.1) is 11.3 Å². The fourth-order valence-corrected chi connectivity index (χ4v) is 4.06. The highest BCUT2D eigenvalue weighted by atomic mass is 35.5. The number of carbonyl (C=O) groups is 1. The minimum absolute atomic E-state index is 0.0883. The van der Waals surface area contributed by atoms with E-state index >= 15 is 0 Å². The maximum absolute atomic E-state index is 11.3. The van der Waals surface area contributed by atoms with E-state index in [1.807, 2.05) is 24.3 Å². The predicted molar refractivity (Wildman–Crippen MR) is 113 cm³/mol. The molecule has 2 aromatic carbocycles. The summed E-state index contributed by atoms with van der Waals surface area (Å²) in [5, 5.41) is 14.0. The van der Waals surface area contributed by atoms with Crippen molar-refractivity contribution in [3.63, 3.8) is 0 Å². The van der Waals surface area contributed by atoms with Gasteiger partial charge in [-0.1, -0.05) is 61.3 Å². The quantitative estimate of drug-likeness (QED) is 0.470. The third-order valence-electron chi connectivity index (χ3n) is 4.03. The van der Waals surface area contributed by atoms with E-state index in [9.17, 15) is 9.90 Å². The van der Waals surface area contributed by atoms with Crippen molar-refractivity contribution in [2.75, 3.05) is 5.32 Å². The lowest BCUT2D eigenvalue weighted by Crippen LogP contribution is -1.99. The molecule has 1 heterocycles. The second kappa shape index (κ2) is 8.30. The van der Waals surface area contributed by atoms with Crippen LogP contribution in [0, 0.1) is 0 Å². The molecule has 0 bridgehead atoms. The van der Waals surface area contributed by atoms with Crippen LogP contribution >= 0.6 is 34.5 Å². The molecule has 4 nitrogen and oxygen atoms in total. The van der Waals surface area contributed by atoms with E-state index in [0.29, 0.717) is 37.4 Å². The number of carboxylic acid groups (broad SMARTS) is 1. The predicted octanol–water partition coefficient (Wildman–Crippen LogP) is 6.61. The standard InChI is InChI=1S/C20H18Cl2N2O2S/c1-11(2)12-3-5-13(6-4-12)19-17(10-18(25)26)27-20(24-19)23-16-8-7-14(21)9-15(16)22/h3-9,11H,10H2,1-2H3,(H,23,24)(H,25,26). The van der Waals surface area contributed by atoms with Crippen molar-refractivity contribution < 1.29 is 9.90 Å². The number of carboxylic acids is 1. The Balaban J connectivity index is 1.96. The summed E-state index contributed by atoms with van der Waals surface area (Å²) in [6.45, 7) is 4.26. The largest absolute Gasteiger partial charge is 0.481 e. The number of aromatic nitrogens is 1. The zero-order chi connectivity index (χ0) is 19.6. The Morgan fingerprint density at radius 1 is 1.19 bits per heavy atom. The zero-order valence-corrected chi connectivity index (χ0v) is 17.1. The maximum atomic E-state index is 11.3. The Morgan fingerprint density at radius 3 is 2.48 bits per heavy atom. The molecule has 0 aliphatic heterocycles. The van der Waals surface area contributed by atoms with E-state index in [4.69, 9.17) is 23.2 Å². The molecule has 2 N–H and O–H groups in total. The van der Waals surface area contributed by atoms with Gasteiger partial charge in [0.25, 0.3) is 0 Å². The SMILES string of the molecule is CC(C)c1ccc(-c2nc(Nc3ccc(Cl)cc3Cl)sc2CC(=O)O)cc1. The van der Waals surface area contributed by atoms with Gasteiger partial charge < -0.3 is 10.4 Å². The molecular formula is C20H18Cl2N2O2S. The fourth-order valence-electron chi connectivity index (χ4n) is 2.62. The van der Waals surface area contributed by atoms with Crippen LogP contribution in [0.15, 0.2) is 42.5 Å². The number of hydrogen-bond donors (Lipinski definition) is 2. The molecule has 140 valence electrons. The normalized spacial score (nSPS) is 11.0. The topological polar surface area (TPSA) is 62.2 Å². The van der Waals surface area contributed by atoms with E-state index in [1.54, 1.807) is 18.2 Å². The van der Waals surface area contributed by atoms with Crippen molar-refractivity contribution in [1.82, 2.24) is 4.98 Å². The van der Waals surface area contributed by atoms with E-state index in [1.165, 1.54) is 16.9 Å². The number of nitrogens with one attached hydrogen (secondary N) is 1. The first kappa shape index (κ1) is 19.7. The highest BCUT2D eigenvalue weighted by Gasteiger charge is 2.17. The van der Waals surface area contributed by atoms with Crippen LogP contribution in [0.2, 0.25) is 10.0 Å². The van der Waals surface area contributed by atoms with Crippen molar-refractivity contribution in [2.24, 2.45) is 0 Å². The molecule has 0 fully saturated rings. The summed E-state index contributed by atoms with van der Waals surface area (Å²) in [6.07, 6.45) is -0.0883. The second-order valence-electron chi connectivity index (χ2n) is 6.39. The molecule has 0 saturated carbocycles. The number of hydrogen-bond acceptors (Lipinski definition) is 4. The number of rotatable bonds is 6. The second-order valence-corrected chi connectivity index (χ2v) is 8.31. The van der Waals surface area contributed by atoms with Gasteiger partial charge in [-0.05, 0) is 29.7 Å². The van der Waals surface area contributed by atoms with Gasteiger partial charge in [-0.3, -0.25) is 4.79 Å². The van der Waals surface area contributed by atoms with Crippen LogP contribution in [-0.2, 0) is 11.2 Å². The lowest BCUT2D eigenvalue weighted by molar-refractivity contribution is -0.136. The van der Waals surface area contributed by atoms with E-state index in [2.05, 4.69) is 24.1 Å². The summed E-state index contributed by atoms with van der Waals surface area (Å²) in [5.74, 6) is -0.466. The monoisotopic (exact) mass is 420 g/mol. The molecule has 0 spiro atoms. The molecule has 0 atom stereocenters. The summed E-state index contributed by atoms with van der Waals surface area (Å²) < 4.78 is 0. The average Bonchev–Trinajstić information content (AvgIpc) is 2.99. The van der Waals surface area contributed by atoms with Crippen LogP contribution < -0.4 is 5.32 Å². The number of halogens is 2. The minimum Gasteiger partial charge on any atom is -0.481 e. The van der Waals surface area contributed by atoms with Crippen molar-refractivity contribution in [2.45, 2.75) is 26.2 Å². The highest BCUT2D eigenvalue weighted by Crippen LogP contribution is 2.35. The Hall–Kier alpha value is -2.08. The average molecular weight is 421 g/mol. The van der Waals surface area contributed by atoms with Gasteiger partial charge in [-0.25, -0.2) is 4.98 Å². The lowest BCUT2D eigenvalue weighted by Gasteiger charge is -2.07. The smallest absolute Gasteiger partial charge is 0.308 e. The van der Waals surface area contributed by atoms with Crippen LogP contribution in [0.3, 0.4) is 0 Å². The first-order chi connectivity index (χ1) is 12.8. The Kier molecular flexibility index (Phi) is 6.05. The number of aliphatic carboxylic acids is 1. The Bertz CT molecular complexity index is 969. The molecule has 3 aromatic rings. The van der Waals surface area contributed by atoms with Crippen molar-refractivity contribution >= 4 is 51.3 Å². The van der Waals surface area contributed by atoms with E-state index < -0.39 is 5.97 Å². The molecule has 0 aliphatic carbocycles. The third kappa shape index (κ3) is 4.80. The number of benzene rings is 2. The van der Waals surface area contributed by atoms with Gasteiger partial charge >= 0.3 is 5.97 Å². The summed E-state index contributed by atoms with van der Waals surface area (Å²) >= 11 is 13.4. The van der Waals surface area contributed by atoms with Gasteiger partial charge in [0.2, 0.25) is 0 Å². The molecule has 0 unspecified atom stereocenters. The van der Waals surface area contributed by atoms with Crippen LogP contribution in [0.5, 0.6) is 0 Å². The van der Waals surface area contributed by atoms with Gasteiger partial charge in [-0.2, -0.15) is 0 Å². The molecule has 7 heteroatoms. The lowest BCUT2D eigenvalue weighted by atomic mass is 10.0. The Morgan fingerprint density at radius 2 is 1.89 bits per heavy atom. The maximum Gasteiger partial charge on any atom is 0.308 e. The Labute approximate surface area is 171 Å². The summed E-state index contributed by atoms with van der Waals surface area (Å²) in [5.41, 5.74) is 3.45. The molecule has 0 saturated heterocycles. The van der Waals surface area contributed by atoms with Crippen LogP contribution in [0.4, 0.5) is 10.8 Å². The molecule has 1 aromatic heterocycles. The molecule has 27 heavy (non-hydrogen) atoms. The van der Waals surface area contributed by atoms with Gasteiger partial charge in [0.05, 0.1) is 22.8 Å². The summed E-state index contributed by atoms with van der Waals surface area (Å²) in [7, 11) is 0. The molecule has 3 rings (SSSR count). The van der Waals surface area contributed by atoms with E-state index in [0.717, 1.165) is 5.56 Å². The van der Waals surface area contributed by atoms with Gasteiger partial charge in [0.15, 0.2) is 5.13 Å². The van der Waals surface area contributed by atoms with Crippen molar-refractivity contribution in [3.8, 4) is 11.3 Å². The van der Waals surface area contributed by atoms with Gasteiger partial charge in [0.1, 0.15) is 0 Å². The number of nitrogens with zero attached hydrogens (tertiary/aromatic N) is 1. The number of thiazole rings is 1. The van der Waals surface area contributed by atoms with Crippen molar-refractivity contribution in [1.29, 1.82) is 0 Å². The van der Waals surface area contributed by atoms with E-state index in [-0.39, 0.29) is 6.42 Å². The van der Waals surface area contributed by atoms with Crippen LogP contribution in [-0.4, -0.2) is 16.1 Å². The number of anilines is 2. The fraction of sp³-hybridized carbons (Fsp3) is 0.200. The highest BCUT2D eigenvalue weighted by molar-refractivity contribution is 7.16. The first-order valence-corrected chi connectivity index (χ1v) is 9.94. The molecular weight excluding hydrogens is 403 g/mol.